The second kappa shape index (κ2) is 6.01. The molecule has 1 atom stereocenters. The van der Waals surface area contributed by atoms with Crippen LogP contribution in [0.5, 0.6) is 0 Å². The van der Waals surface area contributed by atoms with Gasteiger partial charge >= 0.3 is 0 Å². The van der Waals surface area contributed by atoms with E-state index in [0.29, 0.717) is 6.42 Å². The van der Waals surface area contributed by atoms with Gasteiger partial charge in [-0.25, -0.2) is 8.42 Å². The molecular formula is C18H17NO3S. The third-order valence-corrected chi connectivity index (χ3v) is 5.08. The molecule has 0 saturated heterocycles. The normalized spacial score (nSPS) is 21.2. The molecule has 118 valence electrons. The molecule has 0 saturated carbocycles. The summed E-state index contributed by atoms with van der Waals surface area (Å²) in [4.78, 5) is 5.74. The van der Waals surface area contributed by atoms with Crippen molar-refractivity contribution in [3.05, 3.63) is 77.7 Å². The van der Waals surface area contributed by atoms with E-state index in [1.54, 1.807) is 36.4 Å². The first-order valence-corrected chi connectivity index (χ1v) is 8.83. The Kier molecular flexibility index (Phi) is 4.05. The molecule has 3 rings (SSSR count). The fraction of sp³-hybridized carbons (Fsp3) is 0.167. The predicted molar refractivity (Wildman–Crippen MR) is 89.9 cm³/mol. The van der Waals surface area contributed by atoms with Crippen LogP contribution in [0.15, 0.2) is 82.2 Å². The quantitative estimate of drug-likeness (QED) is 0.863. The van der Waals surface area contributed by atoms with E-state index in [-0.39, 0.29) is 4.90 Å². The van der Waals surface area contributed by atoms with Crippen molar-refractivity contribution in [3.8, 4) is 0 Å². The molecule has 0 fully saturated rings. The van der Waals surface area contributed by atoms with E-state index < -0.39 is 15.4 Å². The van der Waals surface area contributed by atoms with Crippen molar-refractivity contribution in [2.24, 2.45) is 5.16 Å². The Morgan fingerprint density at radius 1 is 1.04 bits per heavy atom. The molecule has 4 nitrogen and oxygen atoms in total. The van der Waals surface area contributed by atoms with Gasteiger partial charge in [-0.15, -0.1) is 0 Å². The van der Waals surface area contributed by atoms with Gasteiger partial charge in [-0.2, -0.15) is 0 Å². The van der Waals surface area contributed by atoms with E-state index in [2.05, 4.69) is 5.16 Å². The van der Waals surface area contributed by atoms with Gasteiger partial charge in [-0.05, 0) is 30.7 Å². The van der Waals surface area contributed by atoms with Crippen molar-refractivity contribution in [1.82, 2.24) is 0 Å². The molecule has 0 spiro atoms. The SMILES string of the molecule is CC1(/C=C/S(=O)(=O)c2ccccc2)CC(c2ccccc2)=NO1. The summed E-state index contributed by atoms with van der Waals surface area (Å²) in [6.45, 7) is 1.82. The molecule has 0 bridgehead atoms. The minimum absolute atomic E-state index is 0.266. The van der Waals surface area contributed by atoms with Crippen LogP contribution in [0.4, 0.5) is 0 Å². The number of nitrogens with zero attached hydrogens (tertiary/aromatic N) is 1. The van der Waals surface area contributed by atoms with Gasteiger partial charge in [0.2, 0.25) is 0 Å². The van der Waals surface area contributed by atoms with Crippen LogP contribution in [0.2, 0.25) is 0 Å². The molecule has 1 heterocycles. The molecule has 1 unspecified atom stereocenters. The summed E-state index contributed by atoms with van der Waals surface area (Å²) >= 11 is 0. The van der Waals surface area contributed by atoms with Crippen LogP contribution in [-0.2, 0) is 14.7 Å². The fourth-order valence-electron chi connectivity index (χ4n) is 2.35. The second-order valence-corrected chi connectivity index (χ2v) is 7.48. The maximum atomic E-state index is 12.3. The average Bonchev–Trinajstić information content (AvgIpc) is 2.98. The molecule has 1 aliphatic heterocycles. The Morgan fingerprint density at radius 3 is 2.30 bits per heavy atom. The molecule has 0 N–H and O–H groups in total. The third-order valence-electron chi connectivity index (χ3n) is 3.66. The minimum atomic E-state index is -3.48. The Hall–Kier alpha value is -2.40. The highest BCUT2D eigenvalue weighted by Gasteiger charge is 2.32. The molecule has 23 heavy (non-hydrogen) atoms. The zero-order valence-corrected chi connectivity index (χ0v) is 13.5. The maximum absolute atomic E-state index is 12.3. The minimum Gasteiger partial charge on any atom is -0.385 e. The number of oxime groups is 1. The lowest BCUT2D eigenvalue weighted by molar-refractivity contribution is 0.0364. The van der Waals surface area contributed by atoms with Crippen molar-refractivity contribution < 1.29 is 13.3 Å². The lowest BCUT2D eigenvalue weighted by Crippen LogP contribution is -2.22. The van der Waals surface area contributed by atoms with Gasteiger partial charge < -0.3 is 4.84 Å². The molecule has 0 radical (unpaired) electrons. The first kappa shape index (κ1) is 15.5. The van der Waals surface area contributed by atoms with Crippen LogP contribution >= 0.6 is 0 Å². The van der Waals surface area contributed by atoms with Crippen molar-refractivity contribution >= 4 is 15.5 Å². The average molecular weight is 327 g/mol. The van der Waals surface area contributed by atoms with E-state index in [1.807, 2.05) is 37.3 Å². The number of hydrogen-bond acceptors (Lipinski definition) is 4. The number of hydrogen-bond donors (Lipinski definition) is 0. The molecule has 5 heteroatoms. The standard InChI is InChI=1S/C18H17NO3S/c1-18(12-13-23(20,21)16-10-6-3-7-11-16)14-17(19-22-18)15-8-4-2-5-9-15/h2-13H,14H2,1H3/b13-12+. The van der Waals surface area contributed by atoms with E-state index in [4.69, 9.17) is 4.84 Å². The third kappa shape index (κ3) is 3.51. The lowest BCUT2D eigenvalue weighted by atomic mass is 9.96. The maximum Gasteiger partial charge on any atom is 0.199 e. The topological polar surface area (TPSA) is 55.7 Å². The molecule has 0 aliphatic carbocycles. The van der Waals surface area contributed by atoms with Crippen molar-refractivity contribution in [2.45, 2.75) is 23.8 Å². The molecule has 1 aliphatic rings. The van der Waals surface area contributed by atoms with E-state index in [0.717, 1.165) is 11.3 Å². The van der Waals surface area contributed by atoms with Gasteiger partial charge in [0.15, 0.2) is 15.4 Å². The van der Waals surface area contributed by atoms with Crippen molar-refractivity contribution in [2.75, 3.05) is 0 Å². The number of rotatable bonds is 4. The summed E-state index contributed by atoms with van der Waals surface area (Å²) in [6, 6.07) is 18.0. The summed E-state index contributed by atoms with van der Waals surface area (Å²) in [6.07, 6.45) is 2.09. The Labute approximate surface area is 136 Å². The number of benzene rings is 2. The van der Waals surface area contributed by atoms with E-state index in [9.17, 15) is 8.42 Å². The van der Waals surface area contributed by atoms with Crippen LogP contribution < -0.4 is 0 Å². The molecular weight excluding hydrogens is 310 g/mol. The first-order chi connectivity index (χ1) is 11.0. The number of sulfone groups is 1. The first-order valence-electron chi connectivity index (χ1n) is 7.28. The van der Waals surface area contributed by atoms with Crippen molar-refractivity contribution in [1.29, 1.82) is 0 Å². The molecule has 0 amide bonds. The van der Waals surface area contributed by atoms with Crippen LogP contribution in [0, 0.1) is 0 Å². The monoisotopic (exact) mass is 327 g/mol. The summed E-state index contributed by atoms with van der Waals surface area (Å²) in [7, 11) is -3.48. The van der Waals surface area contributed by atoms with E-state index in [1.165, 1.54) is 5.41 Å². The Balaban J connectivity index is 1.77. The fourth-order valence-corrected chi connectivity index (χ4v) is 3.51. The largest absolute Gasteiger partial charge is 0.385 e. The van der Waals surface area contributed by atoms with Crippen molar-refractivity contribution in [3.63, 3.8) is 0 Å². The molecule has 0 aromatic heterocycles. The highest BCUT2D eigenvalue weighted by atomic mass is 32.2. The van der Waals surface area contributed by atoms with Crippen LogP contribution in [-0.4, -0.2) is 19.7 Å². The zero-order valence-electron chi connectivity index (χ0n) is 12.7. The summed E-state index contributed by atoms with van der Waals surface area (Å²) in [5.41, 5.74) is 1.04. The molecule has 2 aromatic carbocycles. The summed E-state index contributed by atoms with van der Waals surface area (Å²) in [5.74, 6) is 0. The van der Waals surface area contributed by atoms with Gasteiger partial charge in [-0.1, -0.05) is 53.7 Å². The predicted octanol–water partition coefficient (Wildman–Crippen LogP) is 3.56. The highest BCUT2D eigenvalue weighted by Crippen LogP contribution is 2.28. The van der Waals surface area contributed by atoms with Gasteiger partial charge in [0.1, 0.15) is 0 Å². The zero-order chi connectivity index (χ0) is 16.3. The van der Waals surface area contributed by atoms with Gasteiger partial charge in [0, 0.05) is 11.8 Å². The Morgan fingerprint density at radius 2 is 1.65 bits per heavy atom. The van der Waals surface area contributed by atoms with E-state index >= 15 is 0 Å². The van der Waals surface area contributed by atoms with Gasteiger partial charge in [0.05, 0.1) is 10.6 Å². The second-order valence-electron chi connectivity index (χ2n) is 5.65. The summed E-state index contributed by atoms with van der Waals surface area (Å²) < 4.78 is 24.6. The molecule has 2 aromatic rings. The van der Waals surface area contributed by atoms with Crippen LogP contribution in [0.1, 0.15) is 18.9 Å². The summed E-state index contributed by atoms with van der Waals surface area (Å²) in [5, 5.41) is 5.30. The van der Waals surface area contributed by atoms with Gasteiger partial charge in [-0.3, -0.25) is 0 Å². The Bertz CT molecular complexity index is 842. The smallest absolute Gasteiger partial charge is 0.199 e. The van der Waals surface area contributed by atoms with Crippen LogP contribution in [0.25, 0.3) is 0 Å². The van der Waals surface area contributed by atoms with Crippen LogP contribution in [0.3, 0.4) is 0 Å². The lowest BCUT2D eigenvalue weighted by Gasteiger charge is -2.16. The highest BCUT2D eigenvalue weighted by molar-refractivity contribution is 7.94. The van der Waals surface area contributed by atoms with Gasteiger partial charge in [0.25, 0.3) is 0 Å².